The SMILES string of the molecule is Cc1cc(=O)[nH]c(-c2cccc(NC(=O)C3CCCC3)c2)n1. The summed E-state index contributed by atoms with van der Waals surface area (Å²) in [6.07, 6.45) is 4.20. The van der Waals surface area contributed by atoms with Crippen LogP contribution in [0.15, 0.2) is 35.1 Å². The van der Waals surface area contributed by atoms with Gasteiger partial charge in [-0.25, -0.2) is 4.98 Å². The Bertz CT molecular complexity index is 746. The molecule has 1 aromatic carbocycles. The van der Waals surface area contributed by atoms with Gasteiger partial charge in [-0.3, -0.25) is 9.59 Å². The van der Waals surface area contributed by atoms with Gasteiger partial charge in [0.05, 0.1) is 0 Å². The molecule has 2 aromatic rings. The number of rotatable bonds is 3. The van der Waals surface area contributed by atoms with Gasteiger partial charge in [0, 0.05) is 28.9 Å². The van der Waals surface area contributed by atoms with Gasteiger partial charge in [-0.2, -0.15) is 0 Å². The highest BCUT2D eigenvalue weighted by molar-refractivity contribution is 5.93. The number of H-pyrrole nitrogens is 1. The molecule has 1 aromatic heterocycles. The molecule has 1 saturated carbocycles. The molecule has 2 N–H and O–H groups in total. The molecule has 1 aliphatic rings. The molecule has 5 heteroatoms. The molecular weight excluding hydrogens is 278 g/mol. The maximum atomic E-state index is 12.2. The summed E-state index contributed by atoms with van der Waals surface area (Å²) < 4.78 is 0. The first-order valence-corrected chi connectivity index (χ1v) is 7.61. The van der Waals surface area contributed by atoms with Gasteiger partial charge in [-0.15, -0.1) is 0 Å². The van der Waals surface area contributed by atoms with Gasteiger partial charge in [-0.05, 0) is 31.9 Å². The van der Waals surface area contributed by atoms with Crippen molar-refractivity contribution in [3.8, 4) is 11.4 Å². The Labute approximate surface area is 128 Å². The number of nitrogens with zero attached hydrogens (tertiary/aromatic N) is 1. The second-order valence-corrected chi connectivity index (χ2v) is 5.79. The largest absolute Gasteiger partial charge is 0.326 e. The van der Waals surface area contributed by atoms with Gasteiger partial charge in [0.25, 0.3) is 5.56 Å². The summed E-state index contributed by atoms with van der Waals surface area (Å²) in [4.78, 5) is 30.8. The molecule has 22 heavy (non-hydrogen) atoms. The van der Waals surface area contributed by atoms with Gasteiger partial charge < -0.3 is 10.3 Å². The van der Waals surface area contributed by atoms with Crippen LogP contribution in [-0.2, 0) is 4.79 Å². The lowest BCUT2D eigenvalue weighted by molar-refractivity contribution is -0.119. The highest BCUT2D eigenvalue weighted by Gasteiger charge is 2.22. The van der Waals surface area contributed by atoms with Crippen molar-refractivity contribution < 1.29 is 4.79 Å². The molecule has 0 unspecified atom stereocenters. The van der Waals surface area contributed by atoms with E-state index in [4.69, 9.17) is 0 Å². The Morgan fingerprint density at radius 2 is 2.05 bits per heavy atom. The summed E-state index contributed by atoms with van der Waals surface area (Å²) in [5, 5.41) is 2.96. The van der Waals surface area contributed by atoms with E-state index in [0.29, 0.717) is 11.5 Å². The quantitative estimate of drug-likeness (QED) is 0.914. The minimum absolute atomic E-state index is 0.0837. The fourth-order valence-corrected chi connectivity index (χ4v) is 2.89. The average molecular weight is 297 g/mol. The van der Waals surface area contributed by atoms with Crippen LogP contribution in [0, 0.1) is 12.8 Å². The summed E-state index contributed by atoms with van der Waals surface area (Å²) in [6.45, 7) is 1.78. The van der Waals surface area contributed by atoms with Crippen LogP contribution in [-0.4, -0.2) is 15.9 Å². The van der Waals surface area contributed by atoms with Gasteiger partial charge >= 0.3 is 0 Å². The van der Waals surface area contributed by atoms with E-state index in [-0.39, 0.29) is 17.4 Å². The van der Waals surface area contributed by atoms with Crippen molar-refractivity contribution in [1.82, 2.24) is 9.97 Å². The number of aromatic amines is 1. The molecule has 0 bridgehead atoms. The summed E-state index contributed by atoms with van der Waals surface area (Å²) >= 11 is 0. The zero-order chi connectivity index (χ0) is 15.5. The molecule has 114 valence electrons. The Morgan fingerprint density at radius 3 is 2.77 bits per heavy atom. The number of hydrogen-bond donors (Lipinski definition) is 2. The minimum Gasteiger partial charge on any atom is -0.326 e. The van der Waals surface area contributed by atoms with Crippen LogP contribution in [0.3, 0.4) is 0 Å². The molecular formula is C17H19N3O2. The smallest absolute Gasteiger partial charge is 0.251 e. The van der Waals surface area contributed by atoms with Crippen molar-refractivity contribution in [3.63, 3.8) is 0 Å². The number of benzene rings is 1. The third-order valence-corrected chi connectivity index (χ3v) is 4.00. The molecule has 0 saturated heterocycles. The third-order valence-electron chi connectivity index (χ3n) is 4.00. The number of anilines is 1. The first kappa shape index (κ1) is 14.5. The van der Waals surface area contributed by atoms with E-state index in [1.165, 1.54) is 6.07 Å². The lowest BCUT2D eigenvalue weighted by Gasteiger charge is -2.11. The Hall–Kier alpha value is -2.43. The molecule has 1 amide bonds. The second kappa shape index (κ2) is 6.13. The predicted molar refractivity (Wildman–Crippen MR) is 85.6 cm³/mol. The maximum absolute atomic E-state index is 12.2. The number of aryl methyl sites for hydroxylation is 1. The van der Waals surface area contributed by atoms with E-state index in [9.17, 15) is 9.59 Å². The average Bonchev–Trinajstić information content (AvgIpc) is 3.01. The number of nitrogens with one attached hydrogen (secondary N) is 2. The first-order chi connectivity index (χ1) is 10.6. The lowest BCUT2D eigenvalue weighted by atomic mass is 10.1. The summed E-state index contributed by atoms with van der Waals surface area (Å²) in [7, 11) is 0. The third kappa shape index (κ3) is 3.24. The molecule has 0 spiro atoms. The van der Waals surface area contributed by atoms with Crippen molar-refractivity contribution in [1.29, 1.82) is 0 Å². The summed E-state index contributed by atoms with van der Waals surface area (Å²) in [5.41, 5.74) is 2.01. The predicted octanol–water partition coefficient (Wildman–Crippen LogP) is 2.87. The monoisotopic (exact) mass is 297 g/mol. The zero-order valence-electron chi connectivity index (χ0n) is 12.6. The van der Waals surface area contributed by atoms with E-state index in [1.807, 2.05) is 24.3 Å². The van der Waals surface area contributed by atoms with Crippen molar-refractivity contribution in [2.24, 2.45) is 5.92 Å². The van der Waals surface area contributed by atoms with Crippen LogP contribution in [0.25, 0.3) is 11.4 Å². The van der Waals surface area contributed by atoms with Gasteiger partial charge in [0.1, 0.15) is 5.82 Å². The van der Waals surface area contributed by atoms with Gasteiger partial charge in [-0.1, -0.05) is 25.0 Å². The van der Waals surface area contributed by atoms with E-state index in [1.54, 1.807) is 6.92 Å². The van der Waals surface area contributed by atoms with Gasteiger partial charge in [0.15, 0.2) is 0 Å². The van der Waals surface area contributed by atoms with Crippen LogP contribution < -0.4 is 10.9 Å². The summed E-state index contributed by atoms with van der Waals surface area (Å²) in [5.74, 6) is 0.725. The zero-order valence-corrected chi connectivity index (χ0v) is 12.6. The molecule has 0 atom stereocenters. The lowest BCUT2D eigenvalue weighted by Crippen LogP contribution is -2.20. The topological polar surface area (TPSA) is 74.8 Å². The van der Waals surface area contributed by atoms with Crippen molar-refractivity contribution in [2.45, 2.75) is 32.6 Å². The highest BCUT2D eigenvalue weighted by atomic mass is 16.2. The standard InChI is InChI=1S/C17H19N3O2/c1-11-9-15(21)20-16(18-11)13-7-4-8-14(10-13)19-17(22)12-5-2-3-6-12/h4,7-10,12H,2-3,5-6H2,1H3,(H,19,22)(H,18,20,21). The summed E-state index contributed by atoms with van der Waals surface area (Å²) in [6, 6.07) is 8.86. The Morgan fingerprint density at radius 1 is 1.27 bits per heavy atom. The van der Waals surface area contributed by atoms with Crippen molar-refractivity contribution in [2.75, 3.05) is 5.32 Å². The van der Waals surface area contributed by atoms with Crippen molar-refractivity contribution >= 4 is 11.6 Å². The molecule has 5 nitrogen and oxygen atoms in total. The molecule has 1 fully saturated rings. The minimum atomic E-state index is -0.178. The molecule has 1 heterocycles. The molecule has 0 radical (unpaired) electrons. The Balaban J connectivity index is 1.83. The van der Waals surface area contributed by atoms with E-state index >= 15 is 0 Å². The van der Waals surface area contributed by atoms with Crippen LogP contribution in [0.4, 0.5) is 5.69 Å². The second-order valence-electron chi connectivity index (χ2n) is 5.79. The maximum Gasteiger partial charge on any atom is 0.251 e. The fourth-order valence-electron chi connectivity index (χ4n) is 2.89. The van der Waals surface area contributed by atoms with Crippen LogP contribution in [0.5, 0.6) is 0 Å². The van der Waals surface area contributed by atoms with Crippen LogP contribution in [0.1, 0.15) is 31.4 Å². The number of hydrogen-bond acceptors (Lipinski definition) is 3. The molecule has 0 aliphatic heterocycles. The van der Waals surface area contributed by atoms with Crippen LogP contribution in [0.2, 0.25) is 0 Å². The number of amides is 1. The molecule has 3 rings (SSSR count). The van der Waals surface area contributed by atoms with E-state index in [2.05, 4.69) is 15.3 Å². The fraction of sp³-hybridized carbons (Fsp3) is 0.353. The van der Waals surface area contributed by atoms with Crippen LogP contribution >= 0.6 is 0 Å². The van der Waals surface area contributed by atoms with E-state index < -0.39 is 0 Å². The molecule has 1 aliphatic carbocycles. The Kier molecular flexibility index (Phi) is 4.04. The number of carbonyl (C=O) groups is 1. The first-order valence-electron chi connectivity index (χ1n) is 7.61. The van der Waals surface area contributed by atoms with Crippen molar-refractivity contribution in [3.05, 3.63) is 46.4 Å². The van der Waals surface area contributed by atoms with Gasteiger partial charge in [0.2, 0.25) is 5.91 Å². The number of aromatic nitrogens is 2. The van der Waals surface area contributed by atoms with E-state index in [0.717, 1.165) is 36.9 Å². The highest BCUT2D eigenvalue weighted by Crippen LogP contribution is 2.26. The number of carbonyl (C=O) groups excluding carboxylic acids is 1. The normalized spacial score (nSPS) is 15.0.